The van der Waals surface area contributed by atoms with Crippen LogP contribution in [0.15, 0.2) is 42.5 Å². The summed E-state index contributed by atoms with van der Waals surface area (Å²) in [6.07, 6.45) is -9.87. The number of carbonyl (C=O) groups is 1. The largest absolute Gasteiger partial charge is 0.416 e. The first-order valence-corrected chi connectivity index (χ1v) is 7.17. The smallest absolute Gasteiger partial charge is 0.348 e. The van der Waals surface area contributed by atoms with Gasteiger partial charge in [-0.3, -0.25) is 4.79 Å². The second-order valence-corrected chi connectivity index (χ2v) is 5.54. The molecule has 0 heterocycles. The van der Waals surface area contributed by atoms with E-state index in [9.17, 15) is 31.1 Å². The van der Waals surface area contributed by atoms with Gasteiger partial charge in [-0.2, -0.15) is 26.3 Å². The molecular formula is C16H10ClF6NO. The zero-order valence-electron chi connectivity index (χ0n) is 12.3. The van der Waals surface area contributed by atoms with Crippen LogP contribution >= 0.6 is 11.6 Å². The highest BCUT2D eigenvalue weighted by molar-refractivity contribution is 6.30. The van der Waals surface area contributed by atoms with Gasteiger partial charge in [-0.05, 0) is 48.0 Å². The van der Waals surface area contributed by atoms with Crippen molar-refractivity contribution in [1.29, 1.82) is 0 Å². The molecule has 2 aromatic rings. The summed E-state index contributed by atoms with van der Waals surface area (Å²) < 4.78 is 76.6. The molecule has 0 aliphatic carbocycles. The van der Waals surface area contributed by atoms with E-state index in [4.69, 9.17) is 11.6 Å². The maximum atomic E-state index is 12.8. The normalized spacial score (nSPS) is 12.1. The number of alkyl halides is 6. The molecule has 2 rings (SSSR count). The maximum absolute atomic E-state index is 12.8. The molecular weight excluding hydrogens is 372 g/mol. The number of benzene rings is 2. The van der Waals surface area contributed by atoms with Gasteiger partial charge in [0, 0.05) is 17.1 Å². The van der Waals surface area contributed by atoms with Crippen LogP contribution in [0.25, 0.3) is 0 Å². The monoisotopic (exact) mass is 381 g/mol. The molecule has 0 aliphatic rings. The number of carbonyl (C=O) groups excluding carboxylic acids is 1. The van der Waals surface area contributed by atoms with E-state index in [1.165, 1.54) is 24.3 Å². The number of hydrogen-bond acceptors (Lipinski definition) is 1. The first-order valence-electron chi connectivity index (χ1n) is 6.79. The zero-order valence-corrected chi connectivity index (χ0v) is 13.1. The lowest BCUT2D eigenvalue weighted by molar-refractivity contribution is -0.143. The topological polar surface area (TPSA) is 29.1 Å². The van der Waals surface area contributed by atoms with Crippen molar-refractivity contribution in [3.63, 3.8) is 0 Å². The molecule has 0 saturated heterocycles. The van der Waals surface area contributed by atoms with Gasteiger partial charge in [0.2, 0.25) is 0 Å². The molecule has 2 nitrogen and oxygen atoms in total. The summed E-state index contributed by atoms with van der Waals surface area (Å²) >= 11 is 5.66. The van der Waals surface area contributed by atoms with Crippen LogP contribution in [-0.4, -0.2) is 5.91 Å². The Labute approximate surface area is 143 Å². The number of halogens is 7. The molecule has 9 heteroatoms. The van der Waals surface area contributed by atoms with Crippen molar-refractivity contribution < 1.29 is 31.1 Å². The van der Waals surface area contributed by atoms with Crippen LogP contribution in [0.5, 0.6) is 0 Å². The van der Waals surface area contributed by atoms with E-state index in [-0.39, 0.29) is 17.2 Å². The van der Waals surface area contributed by atoms with E-state index in [1.807, 2.05) is 0 Å². The van der Waals surface area contributed by atoms with Crippen molar-refractivity contribution in [3.05, 3.63) is 69.7 Å². The number of hydrogen-bond donors (Lipinski definition) is 1. The molecule has 1 N–H and O–H groups in total. The van der Waals surface area contributed by atoms with Crippen LogP contribution in [0.1, 0.15) is 27.0 Å². The summed E-state index contributed by atoms with van der Waals surface area (Å²) in [5.74, 6) is -0.650. The summed E-state index contributed by atoms with van der Waals surface area (Å²) in [7, 11) is 0. The molecule has 2 aromatic carbocycles. The standard InChI is InChI=1S/C16H10ClF6NO/c17-13-3-1-10(2-4-13)14(25)24-8-9-5-11(15(18,19)20)7-12(6-9)16(21,22)23/h1-7H,8H2,(H,24,25). The van der Waals surface area contributed by atoms with Gasteiger partial charge in [-0.1, -0.05) is 11.6 Å². The molecule has 0 atom stereocenters. The Morgan fingerprint density at radius 2 is 1.36 bits per heavy atom. The molecule has 1 amide bonds. The average molecular weight is 382 g/mol. The predicted molar refractivity (Wildman–Crippen MR) is 79.1 cm³/mol. The minimum atomic E-state index is -4.93. The molecule has 0 saturated carbocycles. The third-order valence-corrected chi connectivity index (χ3v) is 3.46. The SMILES string of the molecule is O=C(NCc1cc(C(F)(F)F)cc(C(F)(F)F)c1)c1ccc(Cl)cc1. The maximum Gasteiger partial charge on any atom is 0.416 e. The van der Waals surface area contributed by atoms with E-state index in [0.29, 0.717) is 17.2 Å². The van der Waals surface area contributed by atoms with Gasteiger partial charge in [0.25, 0.3) is 5.91 Å². The van der Waals surface area contributed by atoms with Crippen molar-refractivity contribution >= 4 is 17.5 Å². The second kappa shape index (κ2) is 6.95. The summed E-state index contributed by atoms with van der Waals surface area (Å²) in [5, 5.41) is 2.65. The fourth-order valence-corrected chi connectivity index (χ4v) is 2.13. The van der Waals surface area contributed by atoms with Gasteiger partial charge in [0.1, 0.15) is 0 Å². The third kappa shape index (κ3) is 5.12. The summed E-state index contributed by atoms with van der Waals surface area (Å²) in [6.45, 7) is -0.492. The molecule has 0 aliphatic heterocycles. The molecule has 0 fully saturated rings. The van der Waals surface area contributed by atoms with Gasteiger partial charge in [0.05, 0.1) is 11.1 Å². The molecule has 0 unspecified atom stereocenters. The second-order valence-electron chi connectivity index (χ2n) is 5.10. The molecule has 0 spiro atoms. The predicted octanol–water partition coefficient (Wildman–Crippen LogP) is 5.31. The van der Waals surface area contributed by atoms with Gasteiger partial charge in [-0.15, -0.1) is 0 Å². The first-order chi connectivity index (χ1) is 11.5. The summed E-state index contributed by atoms with van der Waals surface area (Å²) in [6, 6.07) is 6.79. The quantitative estimate of drug-likeness (QED) is 0.717. The fourth-order valence-electron chi connectivity index (χ4n) is 2.01. The number of rotatable bonds is 3. The van der Waals surface area contributed by atoms with Gasteiger partial charge >= 0.3 is 12.4 Å². The first kappa shape index (κ1) is 19.1. The van der Waals surface area contributed by atoms with Crippen molar-refractivity contribution in [2.75, 3.05) is 0 Å². The number of nitrogens with one attached hydrogen (secondary N) is 1. The lowest BCUT2D eigenvalue weighted by Crippen LogP contribution is -2.23. The molecule has 0 radical (unpaired) electrons. The lowest BCUT2D eigenvalue weighted by atomic mass is 10.0. The van der Waals surface area contributed by atoms with Crippen molar-refractivity contribution in [1.82, 2.24) is 5.32 Å². The van der Waals surface area contributed by atoms with Gasteiger partial charge in [-0.25, -0.2) is 0 Å². The molecule has 0 bridgehead atoms. The van der Waals surface area contributed by atoms with E-state index >= 15 is 0 Å². The van der Waals surface area contributed by atoms with Crippen molar-refractivity contribution in [2.24, 2.45) is 0 Å². The van der Waals surface area contributed by atoms with Crippen molar-refractivity contribution in [2.45, 2.75) is 18.9 Å². The minimum Gasteiger partial charge on any atom is -0.348 e. The highest BCUT2D eigenvalue weighted by atomic mass is 35.5. The Balaban J connectivity index is 2.23. The van der Waals surface area contributed by atoms with Crippen LogP contribution in [0.3, 0.4) is 0 Å². The van der Waals surface area contributed by atoms with Crippen molar-refractivity contribution in [3.8, 4) is 0 Å². The van der Waals surface area contributed by atoms with E-state index in [0.717, 1.165) is 0 Å². The highest BCUT2D eigenvalue weighted by Crippen LogP contribution is 2.36. The Hall–Kier alpha value is -2.22. The van der Waals surface area contributed by atoms with Gasteiger partial charge < -0.3 is 5.32 Å². The minimum absolute atomic E-state index is 0.0323. The Morgan fingerprint density at radius 3 is 1.80 bits per heavy atom. The Bertz CT molecular complexity index is 735. The summed E-state index contributed by atoms with van der Waals surface area (Å²) in [4.78, 5) is 11.9. The van der Waals surface area contributed by atoms with Crippen LogP contribution in [0.2, 0.25) is 5.02 Å². The van der Waals surface area contributed by atoms with Crippen LogP contribution in [0.4, 0.5) is 26.3 Å². The molecule has 134 valence electrons. The molecule has 0 aromatic heterocycles. The zero-order chi connectivity index (χ0) is 18.8. The lowest BCUT2D eigenvalue weighted by Gasteiger charge is -2.14. The van der Waals surface area contributed by atoms with E-state index in [1.54, 1.807) is 0 Å². The average Bonchev–Trinajstić information content (AvgIpc) is 2.51. The summed E-state index contributed by atoms with van der Waals surface area (Å²) in [5.41, 5.74) is -3.01. The van der Waals surface area contributed by atoms with Crippen LogP contribution in [0, 0.1) is 0 Å². The highest BCUT2D eigenvalue weighted by Gasteiger charge is 2.36. The Kier molecular flexibility index (Phi) is 5.31. The van der Waals surface area contributed by atoms with Crippen LogP contribution in [-0.2, 0) is 18.9 Å². The fraction of sp³-hybridized carbons (Fsp3) is 0.188. The molecule has 25 heavy (non-hydrogen) atoms. The van der Waals surface area contributed by atoms with Gasteiger partial charge in [0.15, 0.2) is 0 Å². The van der Waals surface area contributed by atoms with Crippen LogP contribution < -0.4 is 5.32 Å². The van der Waals surface area contributed by atoms with E-state index in [2.05, 4.69) is 5.32 Å². The van der Waals surface area contributed by atoms with E-state index < -0.39 is 35.9 Å². The Morgan fingerprint density at radius 1 is 0.880 bits per heavy atom. The third-order valence-electron chi connectivity index (χ3n) is 3.21. The number of amides is 1.